The van der Waals surface area contributed by atoms with Gasteiger partial charge in [-0.25, -0.2) is 0 Å². The molecule has 3 atom stereocenters. The summed E-state index contributed by atoms with van der Waals surface area (Å²) in [4.78, 5) is 11.2. The molecular formula is C18H24O2. The first-order valence-electron chi connectivity index (χ1n) is 7.41. The Kier molecular flexibility index (Phi) is 4.99. The van der Waals surface area contributed by atoms with Gasteiger partial charge in [0, 0.05) is 6.42 Å². The van der Waals surface area contributed by atoms with Gasteiger partial charge in [0.2, 0.25) is 0 Å². The lowest BCUT2D eigenvalue weighted by atomic mass is 9.72. The summed E-state index contributed by atoms with van der Waals surface area (Å²) in [7, 11) is 1.44. The van der Waals surface area contributed by atoms with E-state index in [0.29, 0.717) is 24.2 Å². The molecule has 0 N–H and O–H groups in total. The average molecular weight is 272 g/mol. The molecular weight excluding hydrogens is 248 g/mol. The quantitative estimate of drug-likeness (QED) is 0.717. The first-order chi connectivity index (χ1) is 9.61. The van der Waals surface area contributed by atoms with Crippen LogP contribution in [0.15, 0.2) is 47.6 Å². The van der Waals surface area contributed by atoms with E-state index in [1.54, 1.807) is 0 Å². The van der Waals surface area contributed by atoms with Crippen LogP contribution in [-0.2, 0) is 9.53 Å². The number of allylic oxidation sites excluding steroid dienone is 8. The van der Waals surface area contributed by atoms with E-state index in [-0.39, 0.29) is 5.97 Å². The highest BCUT2D eigenvalue weighted by atomic mass is 16.5. The van der Waals surface area contributed by atoms with Gasteiger partial charge in [0.25, 0.3) is 0 Å². The standard InChI is InChI=1S/C18H24O2/c1-13-6-4-7-14(2)18(13)16-9-5-8-15(12-16)10-11-17(19)20-3/h4-8,12-13,16,18H,9-11H2,1-3H3. The first-order valence-corrected chi connectivity index (χ1v) is 7.41. The van der Waals surface area contributed by atoms with Crippen LogP contribution in [0.4, 0.5) is 0 Å². The third-order valence-electron chi connectivity index (χ3n) is 4.34. The number of carbonyl (C=O) groups is 1. The summed E-state index contributed by atoms with van der Waals surface area (Å²) in [6.45, 7) is 4.52. The monoisotopic (exact) mass is 272 g/mol. The van der Waals surface area contributed by atoms with Gasteiger partial charge in [-0.2, -0.15) is 0 Å². The number of carbonyl (C=O) groups excluding carboxylic acids is 1. The van der Waals surface area contributed by atoms with Crippen molar-refractivity contribution in [3.05, 3.63) is 47.6 Å². The van der Waals surface area contributed by atoms with E-state index in [9.17, 15) is 4.79 Å². The minimum absolute atomic E-state index is 0.133. The molecule has 0 aromatic carbocycles. The van der Waals surface area contributed by atoms with Crippen molar-refractivity contribution in [2.75, 3.05) is 7.11 Å². The Labute approximate surface area is 121 Å². The summed E-state index contributed by atoms with van der Waals surface area (Å²) in [5, 5.41) is 0. The van der Waals surface area contributed by atoms with E-state index in [2.05, 4.69) is 50.3 Å². The van der Waals surface area contributed by atoms with E-state index >= 15 is 0 Å². The smallest absolute Gasteiger partial charge is 0.305 e. The van der Waals surface area contributed by atoms with Crippen LogP contribution in [0.5, 0.6) is 0 Å². The fraction of sp³-hybridized carbons (Fsp3) is 0.500. The summed E-state index contributed by atoms with van der Waals surface area (Å²) >= 11 is 0. The summed E-state index contributed by atoms with van der Waals surface area (Å²) in [6.07, 6.45) is 15.8. The minimum atomic E-state index is -0.133. The van der Waals surface area contributed by atoms with Crippen molar-refractivity contribution in [3.8, 4) is 0 Å². The van der Waals surface area contributed by atoms with Gasteiger partial charge >= 0.3 is 5.97 Å². The Morgan fingerprint density at radius 1 is 1.45 bits per heavy atom. The van der Waals surface area contributed by atoms with Crippen molar-refractivity contribution in [1.82, 2.24) is 0 Å². The Morgan fingerprint density at radius 2 is 2.25 bits per heavy atom. The van der Waals surface area contributed by atoms with Gasteiger partial charge in [0.1, 0.15) is 0 Å². The highest BCUT2D eigenvalue weighted by Crippen LogP contribution is 2.37. The van der Waals surface area contributed by atoms with Gasteiger partial charge in [-0.3, -0.25) is 4.79 Å². The van der Waals surface area contributed by atoms with Crippen LogP contribution in [0, 0.1) is 17.8 Å². The molecule has 0 aromatic rings. The molecule has 2 nitrogen and oxygen atoms in total. The van der Waals surface area contributed by atoms with E-state index in [4.69, 9.17) is 4.74 Å². The molecule has 2 aliphatic carbocycles. The summed E-state index contributed by atoms with van der Waals surface area (Å²) < 4.78 is 4.71. The molecule has 2 heteroatoms. The molecule has 3 unspecified atom stereocenters. The van der Waals surface area contributed by atoms with Gasteiger partial charge in [-0.05, 0) is 37.5 Å². The Bertz CT molecular complexity index is 480. The number of ether oxygens (including phenoxy) is 1. The number of methoxy groups -OCH3 is 1. The molecule has 0 fully saturated rings. The van der Waals surface area contributed by atoms with E-state index in [0.717, 1.165) is 12.8 Å². The van der Waals surface area contributed by atoms with Crippen LogP contribution in [0.1, 0.15) is 33.1 Å². The van der Waals surface area contributed by atoms with Crippen LogP contribution >= 0.6 is 0 Å². The SMILES string of the molecule is COC(=O)CCC1=CC(C2C(C)=CC=CC2C)CC=C1. The lowest BCUT2D eigenvalue weighted by Crippen LogP contribution is -2.23. The molecule has 2 aliphatic rings. The Hall–Kier alpha value is -1.57. The Balaban J connectivity index is 2.04. The molecule has 0 saturated heterocycles. The zero-order valence-electron chi connectivity index (χ0n) is 12.6. The topological polar surface area (TPSA) is 26.3 Å². The lowest BCUT2D eigenvalue weighted by Gasteiger charge is -2.32. The van der Waals surface area contributed by atoms with Crippen molar-refractivity contribution >= 4 is 5.97 Å². The van der Waals surface area contributed by atoms with Crippen LogP contribution in [0.2, 0.25) is 0 Å². The molecule has 108 valence electrons. The van der Waals surface area contributed by atoms with Crippen LogP contribution < -0.4 is 0 Å². The van der Waals surface area contributed by atoms with Crippen LogP contribution in [0.3, 0.4) is 0 Å². The molecule has 0 aliphatic heterocycles. The largest absolute Gasteiger partial charge is 0.469 e. The molecule has 20 heavy (non-hydrogen) atoms. The second-order valence-electron chi connectivity index (χ2n) is 5.80. The maximum atomic E-state index is 11.2. The van der Waals surface area contributed by atoms with Gasteiger partial charge in [0.15, 0.2) is 0 Å². The van der Waals surface area contributed by atoms with Crippen molar-refractivity contribution in [2.24, 2.45) is 17.8 Å². The maximum absolute atomic E-state index is 11.2. The molecule has 0 spiro atoms. The zero-order chi connectivity index (χ0) is 14.5. The molecule has 0 aromatic heterocycles. The zero-order valence-corrected chi connectivity index (χ0v) is 12.6. The normalized spacial score (nSPS) is 28.9. The van der Waals surface area contributed by atoms with Gasteiger partial charge in [-0.1, -0.05) is 54.5 Å². The fourth-order valence-corrected chi connectivity index (χ4v) is 3.30. The first kappa shape index (κ1) is 14.8. The number of hydrogen-bond acceptors (Lipinski definition) is 2. The van der Waals surface area contributed by atoms with Crippen molar-refractivity contribution in [3.63, 3.8) is 0 Å². The van der Waals surface area contributed by atoms with Crippen LogP contribution in [0.25, 0.3) is 0 Å². The van der Waals surface area contributed by atoms with E-state index < -0.39 is 0 Å². The molecule has 0 radical (unpaired) electrons. The van der Waals surface area contributed by atoms with E-state index in [1.165, 1.54) is 18.3 Å². The fourth-order valence-electron chi connectivity index (χ4n) is 3.30. The number of rotatable bonds is 4. The summed E-state index contributed by atoms with van der Waals surface area (Å²) in [5.74, 6) is 1.57. The van der Waals surface area contributed by atoms with Gasteiger partial charge in [-0.15, -0.1) is 0 Å². The van der Waals surface area contributed by atoms with E-state index in [1.807, 2.05) is 0 Å². The minimum Gasteiger partial charge on any atom is -0.469 e. The average Bonchev–Trinajstić information content (AvgIpc) is 2.45. The lowest BCUT2D eigenvalue weighted by molar-refractivity contribution is -0.140. The molecule has 0 bridgehead atoms. The van der Waals surface area contributed by atoms with Gasteiger partial charge < -0.3 is 4.74 Å². The Morgan fingerprint density at radius 3 is 2.95 bits per heavy atom. The maximum Gasteiger partial charge on any atom is 0.305 e. The van der Waals surface area contributed by atoms with Crippen molar-refractivity contribution < 1.29 is 9.53 Å². The number of esters is 1. The van der Waals surface area contributed by atoms with Crippen molar-refractivity contribution in [1.29, 1.82) is 0 Å². The predicted octanol–water partition coefficient (Wildman–Crippen LogP) is 4.21. The van der Waals surface area contributed by atoms with Gasteiger partial charge in [0.05, 0.1) is 7.11 Å². The van der Waals surface area contributed by atoms with Crippen molar-refractivity contribution in [2.45, 2.75) is 33.1 Å². The highest BCUT2D eigenvalue weighted by Gasteiger charge is 2.27. The van der Waals surface area contributed by atoms with Crippen LogP contribution in [-0.4, -0.2) is 13.1 Å². The molecule has 2 rings (SSSR count). The number of hydrogen-bond donors (Lipinski definition) is 0. The second kappa shape index (κ2) is 6.74. The predicted molar refractivity (Wildman–Crippen MR) is 82.1 cm³/mol. The molecule has 0 saturated carbocycles. The molecule has 0 amide bonds. The highest BCUT2D eigenvalue weighted by molar-refractivity contribution is 5.69. The third-order valence-corrected chi connectivity index (χ3v) is 4.34. The summed E-state index contributed by atoms with van der Waals surface area (Å²) in [6, 6.07) is 0. The second-order valence-corrected chi connectivity index (χ2v) is 5.80. The molecule has 0 heterocycles. The summed E-state index contributed by atoms with van der Waals surface area (Å²) in [5.41, 5.74) is 2.73. The third kappa shape index (κ3) is 3.50.